The van der Waals surface area contributed by atoms with Gasteiger partial charge in [-0.05, 0) is 114 Å². The predicted octanol–water partition coefficient (Wildman–Crippen LogP) is 8.13. The lowest BCUT2D eigenvalue weighted by Crippen LogP contribution is -2.39. The summed E-state index contributed by atoms with van der Waals surface area (Å²) >= 11 is 0. The molecular formula is C44H55N7O8. The van der Waals surface area contributed by atoms with Crippen molar-refractivity contribution in [3.05, 3.63) is 89.5 Å². The Balaban J connectivity index is 0.000000224. The molecule has 0 spiro atoms. The molecule has 0 radical (unpaired) electrons. The number of hydrogen-bond acceptors (Lipinski definition) is 10. The fourth-order valence-electron chi connectivity index (χ4n) is 6.55. The lowest BCUT2D eigenvalue weighted by atomic mass is 9.92. The van der Waals surface area contributed by atoms with Crippen LogP contribution in [0.1, 0.15) is 82.5 Å². The highest BCUT2D eigenvalue weighted by atomic mass is 16.6. The Bertz CT molecular complexity index is 2260. The molecule has 2 aromatic heterocycles. The van der Waals surface area contributed by atoms with E-state index in [-0.39, 0.29) is 18.5 Å². The second kappa shape index (κ2) is 18.0. The van der Waals surface area contributed by atoms with Crippen LogP contribution in [0, 0.1) is 0 Å². The summed E-state index contributed by atoms with van der Waals surface area (Å²) in [5.41, 5.74) is 7.34. The summed E-state index contributed by atoms with van der Waals surface area (Å²) in [5, 5.41) is 0. The van der Waals surface area contributed by atoms with Crippen molar-refractivity contribution in [2.45, 2.75) is 72.0 Å². The lowest BCUT2D eigenvalue weighted by Gasteiger charge is -2.33. The van der Waals surface area contributed by atoms with Crippen molar-refractivity contribution in [2.75, 3.05) is 49.1 Å². The van der Waals surface area contributed by atoms with Crippen LogP contribution in [0.2, 0.25) is 0 Å². The normalized spacial score (nSPS) is 15.1. The van der Waals surface area contributed by atoms with Gasteiger partial charge in [0, 0.05) is 63.4 Å². The Kier molecular flexibility index (Phi) is 13.4. The van der Waals surface area contributed by atoms with Gasteiger partial charge in [-0.2, -0.15) is 0 Å². The molecule has 0 atom stereocenters. The second-order valence-electron chi connectivity index (χ2n) is 16.4. The number of nitrogens with zero attached hydrogens (tertiary/aromatic N) is 7. The minimum absolute atomic E-state index is 0.174. The number of esters is 1. The van der Waals surface area contributed by atoms with Crippen LogP contribution in [0.3, 0.4) is 0 Å². The summed E-state index contributed by atoms with van der Waals surface area (Å²) in [4.78, 5) is 62.7. The third kappa shape index (κ3) is 11.4. The Labute approximate surface area is 345 Å². The Morgan fingerprint density at radius 3 is 1.61 bits per heavy atom. The van der Waals surface area contributed by atoms with Crippen LogP contribution in [-0.2, 0) is 44.3 Å². The highest BCUT2D eigenvalue weighted by molar-refractivity contribution is 6.00. The number of fused-ring (bicyclic) bond motifs is 2. The molecule has 59 heavy (non-hydrogen) atoms. The molecule has 6 rings (SSSR count). The first-order valence-electron chi connectivity index (χ1n) is 19.3. The number of anilines is 3. The number of imidazole rings is 2. The number of carbonyl (C=O) groups is 4. The van der Waals surface area contributed by atoms with Crippen molar-refractivity contribution in [2.24, 2.45) is 14.1 Å². The standard InChI is InChI=1S/C22H28N4O4.C22H27N3O4/c1-22(2,3)30-21(28)26-10-9-15(11-16-13-24(4)14-23-16)18-12-17(7-8-19(18)26)25(5)20(27)29-6;1-22(2,3)29-21(27)25-9-8-16(12-17-13-24(4)14-23-17)18-10-15(6-7-19(18)25)11-20(26)28-5/h7-8,11-14H,9-10H2,1-6H3;6-7,10,12-14H,8-9,11H2,1-5H3/b15-11+;16-12+. The number of aromatic nitrogens is 4. The van der Waals surface area contributed by atoms with Crippen molar-refractivity contribution in [3.63, 3.8) is 0 Å². The van der Waals surface area contributed by atoms with Gasteiger partial charge < -0.3 is 28.1 Å². The molecular weight excluding hydrogens is 755 g/mol. The van der Waals surface area contributed by atoms with E-state index in [0.29, 0.717) is 31.6 Å². The van der Waals surface area contributed by atoms with Crippen LogP contribution in [0.25, 0.3) is 23.3 Å². The highest BCUT2D eigenvalue weighted by Gasteiger charge is 2.31. The first-order chi connectivity index (χ1) is 27.7. The van der Waals surface area contributed by atoms with Gasteiger partial charge in [0.05, 0.1) is 56.1 Å². The molecule has 314 valence electrons. The van der Waals surface area contributed by atoms with Crippen molar-refractivity contribution in [1.82, 2.24) is 19.1 Å². The molecule has 4 aromatic rings. The Hall–Kier alpha value is -6.38. The van der Waals surface area contributed by atoms with E-state index in [0.717, 1.165) is 50.6 Å². The lowest BCUT2D eigenvalue weighted by molar-refractivity contribution is -0.139. The molecule has 2 aromatic carbocycles. The fraction of sp³-hybridized carbons (Fsp3) is 0.409. The van der Waals surface area contributed by atoms with E-state index in [1.807, 2.05) is 120 Å². The highest BCUT2D eigenvalue weighted by Crippen LogP contribution is 2.40. The van der Waals surface area contributed by atoms with Crippen LogP contribution in [0.15, 0.2) is 61.4 Å². The zero-order valence-corrected chi connectivity index (χ0v) is 35.9. The van der Waals surface area contributed by atoms with Gasteiger partial charge in [-0.1, -0.05) is 6.07 Å². The summed E-state index contributed by atoms with van der Waals surface area (Å²) in [7, 11) is 8.19. The summed E-state index contributed by atoms with van der Waals surface area (Å²) < 4.78 is 24.5. The van der Waals surface area contributed by atoms with Crippen LogP contribution < -0.4 is 14.7 Å². The third-order valence-electron chi connectivity index (χ3n) is 9.26. The van der Waals surface area contributed by atoms with Gasteiger partial charge in [0.25, 0.3) is 0 Å². The topological polar surface area (TPSA) is 151 Å². The minimum atomic E-state index is -0.591. The van der Waals surface area contributed by atoms with E-state index >= 15 is 0 Å². The maximum Gasteiger partial charge on any atom is 0.414 e. The average Bonchev–Trinajstić information content (AvgIpc) is 3.78. The van der Waals surface area contributed by atoms with Crippen LogP contribution >= 0.6 is 0 Å². The van der Waals surface area contributed by atoms with Crippen molar-refractivity contribution >= 4 is 64.6 Å². The van der Waals surface area contributed by atoms with Gasteiger partial charge in [0.15, 0.2) is 0 Å². The number of benzene rings is 2. The van der Waals surface area contributed by atoms with Gasteiger partial charge in [0.1, 0.15) is 11.2 Å². The van der Waals surface area contributed by atoms with Gasteiger partial charge in [-0.3, -0.25) is 19.5 Å². The zero-order valence-electron chi connectivity index (χ0n) is 35.9. The van der Waals surface area contributed by atoms with Crippen molar-refractivity contribution in [3.8, 4) is 0 Å². The molecule has 0 saturated heterocycles. The Morgan fingerprint density at radius 2 is 1.19 bits per heavy atom. The van der Waals surface area contributed by atoms with E-state index < -0.39 is 23.4 Å². The zero-order chi connectivity index (χ0) is 43.2. The van der Waals surface area contributed by atoms with E-state index in [1.54, 1.807) is 35.6 Å². The second-order valence-corrected chi connectivity index (χ2v) is 16.4. The maximum absolute atomic E-state index is 12.8. The minimum Gasteiger partial charge on any atom is -0.469 e. The quantitative estimate of drug-likeness (QED) is 0.143. The van der Waals surface area contributed by atoms with Crippen molar-refractivity contribution < 1.29 is 38.1 Å². The number of methoxy groups -OCH3 is 2. The molecule has 2 aliphatic rings. The molecule has 0 unspecified atom stereocenters. The van der Waals surface area contributed by atoms with Crippen LogP contribution in [-0.4, -0.2) is 88.9 Å². The number of amides is 3. The number of ether oxygens (including phenoxy) is 4. The van der Waals surface area contributed by atoms with E-state index in [4.69, 9.17) is 18.9 Å². The molecule has 0 fully saturated rings. The number of rotatable bonds is 5. The van der Waals surface area contributed by atoms with Gasteiger partial charge in [-0.25, -0.2) is 24.4 Å². The molecule has 0 saturated carbocycles. The molecule has 15 heteroatoms. The maximum atomic E-state index is 12.8. The molecule has 2 aliphatic heterocycles. The van der Waals surface area contributed by atoms with Crippen LogP contribution in [0.5, 0.6) is 0 Å². The summed E-state index contributed by atoms with van der Waals surface area (Å²) in [6.07, 6.45) is 11.6. The van der Waals surface area contributed by atoms with Gasteiger partial charge in [-0.15, -0.1) is 0 Å². The van der Waals surface area contributed by atoms with E-state index in [1.165, 1.54) is 19.1 Å². The summed E-state index contributed by atoms with van der Waals surface area (Å²) in [5.74, 6) is -0.306. The first kappa shape index (κ1) is 43.7. The van der Waals surface area contributed by atoms with Gasteiger partial charge >= 0.3 is 24.2 Å². The predicted molar refractivity (Wildman–Crippen MR) is 228 cm³/mol. The number of hydrogen-bond donors (Lipinski definition) is 0. The summed E-state index contributed by atoms with van der Waals surface area (Å²) in [6.45, 7) is 12.1. The monoisotopic (exact) mass is 809 g/mol. The van der Waals surface area contributed by atoms with E-state index in [9.17, 15) is 19.2 Å². The Morgan fingerprint density at radius 1 is 0.712 bits per heavy atom. The molecule has 4 heterocycles. The van der Waals surface area contributed by atoms with E-state index in [2.05, 4.69) is 9.97 Å². The van der Waals surface area contributed by atoms with Gasteiger partial charge in [0.2, 0.25) is 0 Å². The smallest absolute Gasteiger partial charge is 0.414 e. The average molecular weight is 810 g/mol. The van der Waals surface area contributed by atoms with Crippen LogP contribution in [0.4, 0.5) is 31.4 Å². The summed E-state index contributed by atoms with van der Waals surface area (Å²) in [6, 6.07) is 11.2. The molecule has 15 nitrogen and oxygen atoms in total. The molecule has 0 N–H and O–H groups in total. The first-order valence-corrected chi connectivity index (χ1v) is 19.3. The fourth-order valence-corrected chi connectivity index (χ4v) is 6.55. The largest absolute Gasteiger partial charge is 0.469 e. The molecule has 0 bridgehead atoms. The molecule has 0 aliphatic carbocycles. The molecule has 3 amide bonds. The number of carbonyl (C=O) groups excluding carboxylic acids is 4. The van der Waals surface area contributed by atoms with Crippen molar-refractivity contribution in [1.29, 1.82) is 0 Å². The SMILES string of the molecule is COC(=O)Cc1ccc2c(c1)/C(=C/c1cn(C)cn1)CCN2C(=O)OC(C)(C)C.COC(=O)N(C)c1ccc2c(c1)/C(=C/c1cn(C)cn1)CCN2C(=O)OC(C)(C)C. The number of aryl methyl sites for hydroxylation is 2. The third-order valence-corrected chi connectivity index (χ3v) is 9.26.